The zero-order chi connectivity index (χ0) is 24.2. The lowest BCUT2D eigenvalue weighted by molar-refractivity contribution is -0.116. The summed E-state index contributed by atoms with van der Waals surface area (Å²) >= 11 is 0. The van der Waals surface area contributed by atoms with Gasteiger partial charge in [-0.15, -0.1) is 0 Å². The van der Waals surface area contributed by atoms with E-state index in [4.69, 9.17) is 4.74 Å². The fourth-order valence-corrected chi connectivity index (χ4v) is 3.40. The maximum atomic E-state index is 13.2. The number of ether oxygens (including phenoxy) is 1. The fraction of sp³-hybridized carbons (Fsp3) is 0.174. The van der Waals surface area contributed by atoms with Crippen LogP contribution in [0.15, 0.2) is 59.8 Å². The van der Waals surface area contributed by atoms with Crippen molar-refractivity contribution in [1.29, 1.82) is 0 Å². The third kappa shape index (κ3) is 4.77. The van der Waals surface area contributed by atoms with Crippen LogP contribution in [0.5, 0.6) is 5.75 Å². The Hall–Kier alpha value is -4.54. The van der Waals surface area contributed by atoms with Crippen molar-refractivity contribution in [2.45, 2.75) is 19.9 Å². The molecule has 34 heavy (non-hydrogen) atoms. The van der Waals surface area contributed by atoms with E-state index in [0.717, 1.165) is 0 Å². The number of anilines is 2. The maximum Gasteiger partial charge on any atom is 0.264 e. The molecular weight excluding hydrogens is 443 g/mol. The molecule has 10 nitrogen and oxygen atoms in total. The number of rotatable bonds is 7. The number of methoxy groups -OCH3 is 1. The Bertz CT molecular complexity index is 1430. The highest BCUT2D eigenvalue weighted by Crippen LogP contribution is 2.28. The number of hydrogen-bond donors (Lipinski definition) is 2. The minimum atomic E-state index is -0.381. The average molecular weight is 464 g/mol. The number of hydrogen-bond acceptors (Lipinski definition) is 6. The Morgan fingerprint density at radius 1 is 1.12 bits per heavy atom. The van der Waals surface area contributed by atoms with Crippen LogP contribution < -0.4 is 20.9 Å². The maximum absolute atomic E-state index is 13.2. The summed E-state index contributed by atoms with van der Waals surface area (Å²) in [4.78, 5) is 41.0. The van der Waals surface area contributed by atoms with Gasteiger partial charge in [-0.2, -0.15) is 5.10 Å². The van der Waals surface area contributed by atoms with Gasteiger partial charge < -0.3 is 15.4 Å². The number of aryl methyl sites for hydroxylation is 1. The second-order valence-corrected chi connectivity index (χ2v) is 7.41. The Labute approximate surface area is 193 Å². The number of amides is 2. The highest BCUT2D eigenvalue weighted by atomic mass is 19.1. The molecule has 4 aromatic rings. The van der Waals surface area contributed by atoms with Crippen LogP contribution in [-0.2, 0) is 16.1 Å². The molecule has 0 aliphatic heterocycles. The zero-order valence-corrected chi connectivity index (χ0v) is 18.4. The molecule has 2 N–H and O–H groups in total. The molecule has 0 saturated carbocycles. The van der Waals surface area contributed by atoms with Crippen molar-refractivity contribution in [2.24, 2.45) is 0 Å². The minimum Gasteiger partial charge on any atom is -0.495 e. The van der Waals surface area contributed by atoms with Crippen LogP contribution in [0.25, 0.3) is 16.7 Å². The van der Waals surface area contributed by atoms with Gasteiger partial charge in [0.1, 0.15) is 17.0 Å². The first-order valence-electron chi connectivity index (χ1n) is 10.3. The van der Waals surface area contributed by atoms with Gasteiger partial charge in [0, 0.05) is 25.6 Å². The number of fused-ring (bicyclic) bond motifs is 1. The Balaban J connectivity index is 1.49. The number of carbonyl (C=O) groups excluding carboxylic acids is 2. The van der Waals surface area contributed by atoms with E-state index in [0.29, 0.717) is 28.5 Å². The molecule has 4 rings (SSSR count). The molecule has 2 heterocycles. The van der Waals surface area contributed by atoms with Crippen molar-refractivity contribution in [1.82, 2.24) is 19.3 Å². The van der Waals surface area contributed by atoms with Gasteiger partial charge in [0.2, 0.25) is 11.8 Å². The van der Waals surface area contributed by atoms with Crippen molar-refractivity contribution in [3.63, 3.8) is 0 Å². The van der Waals surface area contributed by atoms with E-state index in [1.807, 2.05) is 0 Å². The molecule has 2 amide bonds. The van der Waals surface area contributed by atoms with Gasteiger partial charge in [0.05, 0.1) is 31.0 Å². The molecule has 0 aliphatic carbocycles. The van der Waals surface area contributed by atoms with E-state index in [2.05, 4.69) is 20.7 Å². The fourth-order valence-electron chi connectivity index (χ4n) is 3.40. The van der Waals surface area contributed by atoms with E-state index in [-0.39, 0.29) is 41.5 Å². The Kier molecular flexibility index (Phi) is 6.35. The van der Waals surface area contributed by atoms with Crippen molar-refractivity contribution in [2.75, 3.05) is 17.7 Å². The largest absolute Gasteiger partial charge is 0.495 e. The second-order valence-electron chi connectivity index (χ2n) is 7.41. The standard InChI is InChI=1S/C23H21FN6O4/c1-14(31)27-16-5-8-20(34-2)19(11-16)28-21(32)9-10-29-13-25-22-18(23(29)33)12-26-30(22)17-6-3-15(24)4-7-17/h3-8,11-13H,9-10H2,1-2H3,(H,27,31)(H,28,32). The molecule has 0 saturated heterocycles. The molecule has 2 aromatic carbocycles. The molecule has 0 spiro atoms. The lowest BCUT2D eigenvalue weighted by atomic mass is 10.2. The normalized spacial score (nSPS) is 10.8. The highest BCUT2D eigenvalue weighted by molar-refractivity contribution is 5.94. The molecule has 2 aromatic heterocycles. The summed E-state index contributed by atoms with van der Waals surface area (Å²) in [6, 6.07) is 10.5. The molecule has 0 bridgehead atoms. The molecule has 11 heteroatoms. The van der Waals surface area contributed by atoms with Crippen LogP contribution in [-0.4, -0.2) is 38.3 Å². The first kappa shape index (κ1) is 22.6. The number of halogens is 1. The smallest absolute Gasteiger partial charge is 0.264 e. The van der Waals surface area contributed by atoms with E-state index >= 15 is 0 Å². The van der Waals surface area contributed by atoms with E-state index in [1.54, 1.807) is 18.2 Å². The summed E-state index contributed by atoms with van der Waals surface area (Å²) in [5, 5.41) is 9.84. The molecule has 0 fully saturated rings. The van der Waals surface area contributed by atoms with Gasteiger partial charge in [-0.05, 0) is 42.5 Å². The van der Waals surface area contributed by atoms with Crippen LogP contribution in [0.4, 0.5) is 15.8 Å². The number of carbonyl (C=O) groups is 2. The summed E-state index contributed by atoms with van der Waals surface area (Å²) in [7, 11) is 1.47. The lowest BCUT2D eigenvalue weighted by Gasteiger charge is -2.13. The topological polar surface area (TPSA) is 120 Å². The Morgan fingerprint density at radius 3 is 2.59 bits per heavy atom. The molecule has 0 atom stereocenters. The Morgan fingerprint density at radius 2 is 1.88 bits per heavy atom. The van der Waals surface area contributed by atoms with E-state index < -0.39 is 0 Å². The number of nitrogens with one attached hydrogen (secondary N) is 2. The summed E-state index contributed by atoms with van der Waals surface area (Å²) < 4.78 is 21.2. The first-order valence-corrected chi connectivity index (χ1v) is 10.3. The molecule has 174 valence electrons. The summed E-state index contributed by atoms with van der Waals surface area (Å²) in [6.45, 7) is 1.47. The monoisotopic (exact) mass is 464 g/mol. The van der Waals surface area contributed by atoms with Gasteiger partial charge in [-0.1, -0.05) is 0 Å². The van der Waals surface area contributed by atoms with Crippen LogP contribution in [0, 0.1) is 5.82 Å². The van der Waals surface area contributed by atoms with Gasteiger partial charge in [0.25, 0.3) is 5.56 Å². The van der Waals surface area contributed by atoms with E-state index in [9.17, 15) is 18.8 Å². The molecule has 0 unspecified atom stereocenters. The highest BCUT2D eigenvalue weighted by Gasteiger charge is 2.14. The van der Waals surface area contributed by atoms with Crippen LogP contribution in [0.2, 0.25) is 0 Å². The van der Waals surface area contributed by atoms with Crippen LogP contribution in [0.1, 0.15) is 13.3 Å². The minimum absolute atomic E-state index is 0.00723. The van der Waals surface area contributed by atoms with E-state index in [1.165, 1.54) is 60.1 Å². The van der Waals surface area contributed by atoms with Crippen LogP contribution in [0.3, 0.4) is 0 Å². The molecular formula is C23H21FN6O4. The van der Waals surface area contributed by atoms with Gasteiger partial charge >= 0.3 is 0 Å². The van der Waals surface area contributed by atoms with Crippen molar-refractivity contribution < 1.29 is 18.7 Å². The summed E-state index contributed by atoms with van der Waals surface area (Å²) in [5.74, 6) is -0.552. The quantitative estimate of drug-likeness (QED) is 0.434. The molecule has 0 radical (unpaired) electrons. The van der Waals surface area contributed by atoms with Crippen LogP contribution >= 0.6 is 0 Å². The third-order valence-electron chi connectivity index (χ3n) is 5.00. The van der Waals surface area contributed by atoms with Crippen molar-refractivity contribution >= 4 is 34.2 Å². The van der Waals surface area contributed by atoms with Crippen molar-refractivity contribution in [3.05, 3.63) is 71.2 Å². The predicted molar refractivity (Wildman–Crippen MR) is 124 cm³/mol. The van der Waals surface area contributed by atoms with Gasteiger partial charge in [-0.3, -0.25) is 19.0 Å². The summed E-state index contributed by atoms with van der Waals surface area (Å²) in [5.41, 5.74) is 1.44. The lowest BCUT2D eigenvalue weighted by Crippen LogP contribution is -2.23. The number of nitrogens with zero attached hydrogens (tertiary/aromatic N) is 4. The molecule has 0 aliphatic rings. The van der Waals surface area contributed by atoms with Gasteiger partial charge in [-0.25, -0.2) is 14.1 Å². The summed E-state index contributed by atoms with van der Waals surface area (Å²) in [6.07, 6.45) is 2.73. The SMILES string of the molecule is COc1ccc(NC(C)=O)cc1NC(=O)CCn1cnc2c(cnn2-c2ccc(F)cc2)c1=O. The second kappa shape index (κ2) is 9.53. The van der Waals surface area contributed by atoms with Crippen molar-refractivity contribution in [3.8, 4) is 11.4 Å². The number of benzene rings is 2. The first-order chi connectivity index (χ1) is 16.4. The predicted octanol–water partition coefficient (Wildman–Crippen LogP) is 2.72. The zero-order valence-electron chi connectivity index (χ0n) is 18.4. The average Bonchev–Trinajstić information content (AvgIpc) is 3.24. The third-order valence-corrected chi connectivity index (χ3v) is 5.00. The number of aromatic nitrogens is 4. The van der Waals surface area contributed by atoms with Gasteiger partial charge in [0.15, 0.2) is 5.65 Å².